The molecule has 0 radical (unpaired) electrons. The SMILES string of the molecule is COc1ccc(/C(O)=C2/C(=O)C(=O)N(c3ccccn3)C2c2cccc(Br)c2)cc1. The van der Waals surface area contributed by atoms with Crippen molar-refractivity contribution in [2.75, 3.05) is 12.0 Å². The van der Waals surface area contributed by atoms with E-state index in [0.29, 0.717) is 22.7 Å². The molecule has 2 aromatic carbocycles. The molecule has 1 saturated heterocycles. The van der Waals surface area contributed by atoms with Crippen LogP contribution in [0.2, 0.25) is 0 Å². The van der Waals surface area contributed by atoms with E-state index in [4.69, 9.17) is 4.74 Å². The summed E-state index contributed by atoms with van der Waals surface area (Å²) in [6, 6.07) is 18.2. The van der Waals surface area contributed by atoms with Gasteiger partial charge in [-0.1, -0.05) is 34.1 Å². The predicted octanol–water partition coefficient (Wildman–Crippen LogP) is 4.48. The van der Waals surface area contributed by atoms with Crippen LogP contribution in [0.15, 0.2) is 83.0 Å². The highest BCUT2D eigenvalue weighted by Gasteiger charge is 2.47. The number of aliphatic hydroxyl groups excluding tert-OH is 1. The topological polar surface area (TPSA) is 79.7 Å². The van der Waals surface area contributed by atoms with E-state index >= 15 is 0 Å². The number of hydrogen-bond acceptors (Lipinski definition) is 5. The first kappa shape index (κ1) is 19.8. The van der Waals surface area contributed by atoms with E-state index in [2.05, 4.69) is 20.9 Å². The zero-order valence-electron chi connectivity index (χ0n) is 15.9. The number of rotatable bonds is 4. The summed E-state index contributed by atoms with van der Waals surface area (Å²) in [6.45, 7) is 0. The number of Topliss-reactive ketones (excluding diaryl/α,β-unsaturated/α-hetero) is 1. The molecule has 150 valence electrons. The minimum absolute atomic E-state index is 0.00826. The normalized spacial score (nSPS) is 17.9. The molecule has 2 heterocycles. The maximum absolute atomic E-state index is 13.0. The molecule has 1 amide bonds. The lowest BCUT2D eigenvalue weighted by molar-refractivity contribution is -0.132. The summed E-state index contributed by atoms with van der Waals surface area (Å²) in [5, 5.41) is 11.0. The molecule has 6 nitrogen and oxygen atoms in total. The van der Waals surface area contributed by atoms with Gasteiger partial charge in [0.05, 0.1) is 18.7 Å². The number of methoxy groups -OCH3 is 1. The van der Waals surface area contributed by atoms with Crippen molar-refractivity contribution in [2.45, 2.75) is 6.04 Å². The molecule has 1 fully saturated rings. The summed E-state index contributed by atoms with van der Waals surface area (Å²) >= 11 is 3.44. The van der Waals surface area contributed by atoms with Crippen molar-refractivity contribution in [3.05, 3.63) is 94.1 Å². The first-order valence-electron chi connectivity index (χ1n) is 9.13. The largest absolute Gasteiger partial charge is 0.507 e. The Labute approximate surface area is 181 Å². The molecule has 0 spiro atoms. The summed E-state index contributed by atoms with van der Waals surface area (Å²) in [7, 11) is 1.54. The summed E-state index contributed by atoms with van der Waals surface area (Å²) in [6.07, 6.45) is 1.55. The fourth-order valence-electron chi connectivity index (χ4n) is 3.46. The Kier molecular flexibility index (Phi) is 5.37. The monoisotopic (exact) mass is 464 g/mol. The number of ether oxygens (including phenoxy) is 1. The molecule has 1 aliphatic heterocycles. The summed E-state index contributed by atoms with van der Waals surface area (Å²) in [5.74, 6) is -0.811. The van der Waals surface area contributed by atoms with E-state index < -0.39 is 17.7 Å². The van der Waals surface area contributed by atoms with Gasteiger partial charge < -0.3 is 9.84 Å². The maximum Gasteiger partial charge on any atom is 0.301 e. The molecule has 0 saturated carbocycles. The lowest BCUT2D eigenvalue weighted by Gasteiger charge is -2.24. The highest BCUT2D eigenvalue weighted by atomic mass is 79.9. The van der Waals surface area contributed by atoms with Crippen molar-refractivity contribution in [3.63, 3.8) is 0 Å². The molecule has 0 bridgehead atoms. The fraction of sp³-hybridized carbons (Fsp3) is 0.0870. The van der Waals surface area contributed by atoms with Gasteiger partial charge in [0.15, 0.2) is 0 Å². The number of ketones is 1. The van der Waals surface area contributed by atoms with Crippen LogP contribution in [0.25, 0.3) is 5.76 Å². The quantitative estimate of drug-likeness (QED) is 0.349. The first-order chi connectivity index (χ1) is 14.5. The van der Waals surface area contributed by atoms with Crippen LogP contribution in [0.1, 0.15) is 17.2 Å². The Hall–Kier alpha value is -3.45. The van der Waals surface area contributed by atoms with Gasteiger partial charge in [-0.2, -0.15) is 0 Å². The van der Waals surface area contributed by atoms with Crippen LogP contribution < -0.4 is 9.64 Å². The molecule has 1 aromatic heterocycles. The molecule has 1 aliphatic rings. The second-order valence-electron chi connectivity index (χ2n) is 6.64. The van der Waals surface area contributed by atoms with Gasteiger partial charge in [-0.15, -0.1) is 0 Å². The number of carbonyl (C=O) groups is 2. The van der Waals surface area contributed by atoms with Crippen LogP contribution in [-0.4, -0.2) is 28.9 Å². The van der Waals surface area contributed by atoms with Gasteiger partial charge in [-0.3, -0.25) is 14.5 Å². The molecular weight excluding hydrogens is 448 g/mol. The number of pyridine rings is 1. The Balaban J connectivity index is 1.93. The molecule has 7 heteroatoms. The van der Waals surface area contributed by atoms with Crippen LogP contribution >= 0.6 is 15.9 Å². The highest BCUT2D eigenvalue weighted by Crippen LogP contribution is 2.42. The predicted molar refractivity (Wildman–Crippen MR) is 116 cm³/mol. The molecule has 30 heavy (non-hydrogen) atoms. The van der Waals surface area contributed by atoms with Crippen LogP contribution in [0, 0.1) is 0 Å². The van der Waals surface area contributed by atoms with E-state index in [9.17, 15) is 14.7 Å². The number of carbonyl (C=O) groups excluding carboxylic acids is 2. The van der Waals surface area contributed by atoms with Gasteiger partial charge in [0.2, 0.25) is 0 Å². The van der Waals surface area contributed by atoms with Crippen molar-refractivity contribution in [1.29, 1.82) is 0 Å². The van der Waals surface area contributed by atoms with Gasteiger partial charge in [0, 0.05) is 16.2 Å². The Morgan fingerprint density at radius 2 is 1.83 bits per heavy atom. The van der Waals surface area contributed by atoms with Gasteiger partial charge in [-0.05, 0) is 54.1 Å². The maximum atomic E-state index is 13.0. The molecule has 0 aliphatic carbocycles. The summed E-state index contributed by atoms with van der Waals surface area (Å²) < 4.78 is 5.94. The van der Waals surface area contributed by atoms with Gasteiger partial charge in [0.1, 0.15) is 17.3 Å². The van der Waals surface area contributed by atoms with E-state index in [1.807, 2.05) is 18.2 Å². The zero-order chi connectivity index (χ0) is 21.3. The molecule has 3 aromatic rings. The number of halogens is 1. The number of amides is 1. The molecule has 4 rings (SSSR count). The van der Waals surface area contributed by atoms with Crippen LogP contribution in [0.3, 0.4) is 0 Å². The number of nitrogens with zero attached hydrogens (tertiary/aromatic N) is 2. The minimum atomic E-state index is -0.820. The van der Waals surface area contributed by atoms with E-state index in [0.717, 1.165) is 4.47 Å². The van der Waals surface area contributed by atoms with Crippen molar-refractivity contribution >= 4 is 39.2 Å². The third-order valence-corrected chi connectivity index (χ3v) is 5.36. The smallest absolute Gasteiger partial charge is 0.301 e. The number of aliphatic hydroxyl groups is 1. The van der Waals surface area contributed by atoms with Crippen LogP contribution in [0.4, 0.5) is 5.82 Å². The standard InChI is InChI=1S/C23H17BrN2O4/c1-30-17-10-8-14(9-11-17)21(27)19-20(15-5-4-6-16(24)13-15)26(23(29)22(19)28)18-7-2-3-12-25-18/h2-13,20,27H,1H3/b21-19-. The van der Waals surface area contributed by atoms with Crippen LogP contribution in [-0.2, 0) is 9.59 Å². The minimum Gasteiger partial charge on any atom is -0.507 e. The zero-order valence-corrected chi connectivity index (χ0v) is 17.5. The third kappa shape index (κ3) is 3.48. The highest BCUT2D eigenvalue weighted by molar-refractivity contribution is 9.10. The number of benzene rings is 2. The lowest BCUT2D eigenvalue weighted by atomic mass is 9.95. The number of hydrogen-bond donors (Lipinski definition) is 1. The molecule has 1 N–H and O–H groups in total. The average Bonchev–Trinajstić information content (AvgIpc) is 3.04. The second kappa shape index (κ2) is 8.12. The van der Waals surface area contributed by atoms with E-state index in [1.54, 1.807) is 61.8 Å². The first-order valence-corrected chi connectivity index (χ1v) is 9.92. The molecule has 1 atom stereocenters. The van der Waals surface area contributed by atoms with Crippen molar-refractivity contribution in [2.24, 2.45) is 0 Å². The van der Waals surface area contributed by atoms with E-state index in [1.165, 1.54) is 4.90 Å². The van der Waals surface area contributed by atoms with Gasteiger partial charge in [-0.25, -0.2) is 4.98 Å². The molecular formula is C23H17BrN2O4. The fourth-order valence-corrected chi connectivity index (χ4v) is 3.88. The van der Waals surface area contributed by atoms with Crippen molar-refractivity contribution in [3.8, 4) is 5.75 Å². The summed E-state index contributed by atoms with van der Waals surface area (Å²) in [5.41, 5.74) is 1.09. The second-order valence-corrected chi connectivity index (χ2v) is 7.56. The summed E-state index contributed by atoms with van der Waals surface area (Å²) in [4.78, 5) is 31.6. The Bertz CT molecular complexity index is 1140. The van der Waals surface area contributed by atoms with Gasteiger partial charge in [0.25, 0.3) is 5.78 Å². The van der Waals surface area contributed by atoms with Gasteiger partial charge >= 0.3 is 5.91 Å². The molecule has 1 unspecified atom stereocenters. The lowest BCUT2D eigenvalue weighted by Crippen LogP contribution is -2.30. The Morgan fingerprint density at radius 1 is 1.07 bits per heavy atom. The van der Waals surface area contributed by atoms with Crippen molar-refractivity contribution < 1.29 is 19.4 Å². The number of anilines is 1. The number of aromatic nitrogens is 1. The Morgan fingerprint density at radius 3 is 2.47 bits per heavy atom. The average molecular weight is 465 g/mol. The van der Waals surface area contributed by atoms with Crippen LogP contribution in [0.5, 0.6) is 5.75 Å². The van der Waals surface area contributed by atoms with Crippen molar-refractivity contribution in [1.82, 2.24) is 4.98 Å². The van der Waals surface area contributed by atoms with E-state index in [-0.39, 0.29) is 11.3 Å². The third-order valence-electron chi connectivity index (χ3n) is 4.87.